The molecule has 6 nitrogen and oxygen atoms in total. The fourth-order valence-corrected chi connectivity index (χ4v) is 2.35. The van der Waals surface area contributed by atoms with Gasteiger partial charge in [-0.3, -0.25) is 15.1 Å². The number of carboxylic acid groups (broad SMARTS) is 1. The number of carboxylic acids is 1. The van der Waals surface area contributed by atoms with E-state index in [1.807, 2.05) is 13.8 Å². The van der Waals surface area contributed by atoms with Crippen LogP contribution in [-0.4, -0.2) is 27.0 Å². The lowest BCUT2D eigenvalue weighted by Gasteiger charge is -2.02. The number of hydrogen-bond acceptors (Lipinski definition) is 5. The van der Waals surface area contributed by atoms with Gasteiger partial charge in [-0.15, -0.1) is 11.3 Å². The third kappa shape index (κ3) is 3.96. The molecule has 0 radical (unpaired) electrons. The molecule has 0 aliphatic heterocycles. The lowest BCUT2D eigenvalue weighted by molar-refractivity contribution is -0.131. The minimum atomic E-state index is -1.06. The molecule has 2 aromatic rings. The second-order valence-electron chi connectivity index (χ2n) is 4.29. The molecule has 0 aliphatic rings. The Balaban J connectivity index is 2.15. The SMILES string of the molecule is Cc1nc(NC(=O)c2cncc(C=CC(=O)O)c2)sc1C. The van der Waals surface area contributed by atoms with E-state index >= 15 is 0 Å². The van der Waals surface area contributed by atoms with Crippen molar-refractivity contribution in [3.63, 3.8) is 0 Å². The number of pyridine rings is 1. The predicted molar refractivity (Wildman–Crippen MR) is 80.4 cm³/mol. The van der Waals surface area contributed by atoms with Gasteiger partial charge in [0.1, 0.15) is 0 Å². The first-order valence-corrected chi connectivity index (χ1v) is 6.89. The van der Waals surface area contributed by atoms with Gasteiger partial charge in [0.25, 0.3) is 5.91 Å². The number of nitrogens with one attached hydrogen (secondary N) is 1. The number of aromatic nitrogens is 2. The highest BCUT2D eigenvalue weighted by molar-refractivity contribution is 7.15. The van der Waals surface area contributed by atoms with Crippen molar-refractivity contribution in [2.45, 2.75) is 13.8 Å². The quantitative estimate of drug-likeness (QED) is 0.847. The van der Waals surface area contributed by atoms with Crippen LogP contribution in [0.2, 0.25) is 0 Å². The van der Waals surface area contributed by atoms with E-state index in [2.05, 4.69) is 15.3 Å². The standard InChI is InChI=1S/C14H13N3O3S/c1-8-9(2)21-14(16-8)17-13(20)11-5-10(6-15-7-11)3-4-12(18)19/h3-7H,1-2H3,(H,18,19)(H,16,17,20). The summed E-state index contributed by atoms with van der Waals surface area (Å²) in [5.41, 5.74) is 1.76. The second-order valence-corrected chi connectivity index (χ2v) is 5.50. The number of aryl methyl sites for hydroxylation is 2. The van der Waals surface area contributed by atoms with Crippen LogP contribution >= 0.6 is 11.3 Å². The first kappa shape index (κ1) is 14.9. The number of anilines is 1. The zero-order valence-electron chi connectivity index (χ0n) is 11.5. The molecule has 2 rings (SSSR count). The molecule has 2 heterocycles. The largest absolute Gasteiger partial charge is 0.478 e. The number of aliphatic carboxylic acids is 1. The third-order valence-electron chi connectivity index (χ3n) is 2.69. The Hall–Kier alpha value is -2.54. The smallest absolute Gasteiger partial charge is 0.328 e. The maximum atomic E-state index is 12.1. The molecule has 0 bridgehead atoms. The Morgan fingerprint density at radius 1 is 1.33 bits per heavy atom. The molecule has 0 aromatic carbocycles. The van der Waals surface area contributed by atoms with Crippen LogP contribution in [0.15, 0.2) is 24.5 Å². The van der Waals surface area contributed by atoms with Crippen LogP contribution < -0.4 is 5.32 Å². The van der Waals surface area contributed by atoms with Crippen molar-refractivity contribution >= 4 is 34.4 Å². The fraction of sp³-hybridized carbons (Fsp3) is 0.143. The lowest BCUT2D eigenvalue weighted by atomic mass is 10.2. The summed E-state index contributed by atoms with van der Waals surface area (Å²) in [6.07, 6.45) is 5.27. The molecule has 0 saturated heterocycles. The topological polar surface area (TPSA) is 92.2 Å². The summed E-state index contributed by atoms with van der Waals surface area (Å²) in [6.45, 7) is 3.81. The highest BCUT2D eigenvalue weighted by Gasteiger charge is 2.10. The first-order valence-electron chi connectivity index (χ1n) is 6.07. The Bertz CT molecular complexity index is 703. The molecule has 0 unspecified atom stereocenters. The van der Waals surface area contributed by atoms with Gasteiger partial charge in [-0.2, -0.15) is 0 Å². The van der Waals surface area contributed by atoms with Crippen LogP contribution in [0, 0.1) is 13.8 Å². The molecule has 108 valence electrons. The van der Waals surface area contributed by atoms with Gasteiger partial charge < -0.3 is 5.11 Å². The fourth-order valence-electron chi connectivity index (χ4n) is 1.54. The van der Waals surface area contributed by atoms with Gasteiger partial charge in [-0.1, -0.05) is 0 Å². The van der Waals surface area contributed by atoms with Crippen LogP contribution in [0.4, 0.5) is 5.13 Å². The summed E-state index contributed by atoms with van der Waals surface area (Å²) < 4.78 is 0. The van der Waals surface area contributed by atoms with E-state index in [4.69, 9.17) is 5.11 Å². The van der Waals surface area contributed by atoms with Crippen LogP contribution in [0.25, 0.3) is 6.08 Å². The van der Waals surface area contributed by atoms with Crippen LogP contribution in [-0.2, 0) is 4.79 Å². The Labute approximate surface area is 125 Å². The highest BCUT2D eigenvalue weighted by atomic mass is 32.1. The van der Waals surface area contributed by atoms with Gasteiger partial charge in [-0.05, 0) is 31.6 Å². The number of carbonyl (C=O) groups excluding carboxylic acids is 1. The number of carbonyl (C=O) groups is 2. The molecule has 1 amide bonds. The van der Waals surface area contributed by atoms with Crippen molar-refractivity contribution in [2.75, 3.05) is 5.32 Å². The summed E-state index contributed by atoms with van der Waals surface area (Å²) in [7, 11) is 0. The van der Waals surface area contributed by atoms with E-state index in [1.165, 1.54) is 29.8 Å². The van der Waals surface area contributed by atoms with E-state index in [1.54, 1.807) is 6.07 Å². The maximum Gasteiger partial charge on any atom is 0.328 e. The maximum absolute atomic E-state index is 12.1. The second kappa shape index (κ2) is 6.27. The summed E-state index contributed by atoms with van der Waals surface area (Å²) in [5.74, 6) is -1.39. The Morgan fingerprint density at radius 2 is 2.10 bits per heavy atom. The number of amides is 1. The normalized spacial score (nSPS) is 10.8. The lowest BCUT2D eigenvalue weighted by Crippen LogP contribution is -2.12. The van der Waals surface area contributed by atoms with E-state index in [0.717, 1.165) is 16.6 Å². The summed E-state index contributed by atoms with van der Waals surface area (Å²) in [4.78, 5) is 31.8. The Morgan fingerprint density at radius 3 is 2.71 bits per heavy atom. The van der Waals surface area contributed by atoms with Crippen molar-refractivity contribution < 1.29 is 14.7 Å². The van der Waals surface area contributed by atoms with Crippen molar-refractivity contribution in [3.8, 4) is 0 Å². The Kier molecular flexibility index (Phi) is 4.44. The molecule has 0 saturated carbocycles. The zero-order valence-corrected chi connectivity index (χ0v) is 12.3. The molecular formula is C14H13N3O3S. The molecule has 2 aromatic heterocycles. The molecule has 7 heteroatoms. The number of hydrogen-bond donors (Lipinski definition) is 2. The average Bonchev–Trinajstić information content (AvgIpc) is 2.75. The predicted octanol–water partition coefficient (Wildman–Crippen LogP) is 2.51. The molecule has 21 heavy (non-hydrogen) atoms. The third-order valence-corrected chi connectivity index (χ3v) is 3.68. The van der Waals surface area contributed by atoms with Gasteiger partial charge in [0, 0.05) is 23.3 Å². The number of rotatable bonds is 4. The average molecular weight is 303 g/mol. The van der Waals surface area contributed by atoms with E-state index in [9.17, 15) is 9.59 Å². The van der Waals surface area contributed by atoms with Gasteiger partial charge in [-0.25, -0.2) is 9.78 Å². The number of nitrogens with zero attached hydrogens (tertiary/aromatic N) is 2. The number of thiazole rings is 1. The van der Waals surface area contributed by atoms with Crippen molar-refractivity contribution in [1.29, 1.82) is 0 Å². The van der Waals surface area contributed by atoms with E-state index in [-0.39, 0.29) is 5.91 Å². The van der Waals surface area contributed by atoms with E-state index in [0.29, 0.717) is 16.3 Å². The van der Waals surface area contributed by atoms with Crippen LogP contribution in [0.1, 0.15) is 26.5 Å². The highest BCUT2D eigenvalue weighted by Crippen LogP contribution is 2.21. The molecule has 2 N–H and O–H groups in total. The van der Waals surface area contributed by atoms with Crippen molar-refractivity contribution in [2.24, 2.45) is 0 Å². The minimum Gasteiger partial charge on any atom is -0.478 e. The monoisotopic (exact) mass is 303 g/mol. The van der Waals surface area contributed by atoms with Crippen molar-refractivity contribution in [3.05, 3.63) is 46.2 Å². The van der Waals surface area contributed by atoms with Crippen LogP contribution in [0.3, 0.4) is 0 Å². The summed E-state index contributed by atoms with van der Waals surface area (Å²) in [6, 6.07) is 1.56. The van der Waals surface area contributed by atoms with Gasteiger partial charge >= 0.3 is 5.97 Å². The molecule has 0 aliphatic carbocycles. The molecular weight excluding hydrogens is 290 g/mol. The molecule has 0 spiro atoms. The van der Waals surface area contributed by atoms with Gasteiger partial charge in [0.05, 0.1) is 11.3 Å². The minimum absolute atomic E-state index is 0.332. The van der Waals surface area contributed by atoms with E-state index < -0.39 is 5.97 Å². The van der Waals surface area contributed by atoms with Crippen molar-refractivity contribution in [1.82, 2.24) is 9.97 Å². The zero-order chi connectivity index (χ0) is 15.4. The summed E-state index contributed by atoms with van der Waals surface area (Å²) in [5, 5.41) is 11.8. The van der Waals surface area contributed by atoms with Gasteiger partial charge in [0.2, 0.25) is 0 Å². The van der Waals surface area contributed by atoms with Crippen LogP contribution in [0.5, 0.6) is 0 Å². The molecule has 0 atom stereocenters. The molecule has 0 fully saturated rings. The summed E-state index contributed by atoms with van der Waals surface area (Å²) >= 11 is 1.40. The first-order chi connectivity index (χ1) is 9.95. The van der Waals surface area contributed by atoms with Gasteiger partial charge in [0.15, 0.2) is 5.13 Å².